The molecule has 1 amide bonds. The van der Waals surface area contributed by atoms with Gasteiger partial charge in [0.25, 0.3) is 0 Å². The number of carbonyl (C=O) groups is 1. The van der Waals surface area contributed by atoms with Crippen LogP contribution >= 0.6 is 0 Å². The van der Waals surface area contributed by atoms with Crippen molar-refractivity contribution in [1.29, 1.82) is 0 Å². The zero-order valence-corrected chi connectivity index (χ0v) is 28.9. The summed E-state index contributed by atoms with van der Waals surface area (Å²) in [6.07, 6.45) is 13.0. The molecule has 2 saturated heterocycles. The van der Waals surface area contributed by atoms with Crippen molar-refractivity contribution >= 4 is 6.09 Å². The van der Waals surface area contributed by atoms with Gasteiger partial charge in [0.1, 0.15) is 6.10 Å². The van der Waals surface area contributed by atoms with E-state index in [-0.39, 0.29) is 42.0 Å². The first-order valence-corrected chi connectivity index (χ1v) is 17.9. The number of hydrogen-bond acceptors (Lipinski definition) is 7. The topological polar surface area (TPSA) is 89.5 Å². The Kier molecular flexibility index (Phi) is 8.96. The maximum absolute atomic E-state index is 12.5. The highest BCUT2D eigenvalue weighted by Crippen LogP contribution is 2.87. The molecule has 2 N–H and O–H groups in total. The van der Waals surface area contributed by atoms with Gasteiger partial charge in [-0.15, -0.1) is 0 Å². The summed E-state index contributed by atoms with van der Waals surface area (Å²) in [5.41, 5.74) is 1.63. The van der Waals surface area contributed by atoms with Gasteiger partial charge in [-0.3, -0.25) is 0 Å². The van der Waals surface area contributed by atoms with Crippen LogP contribution in [0.5, 0.6) is 0 Å². The first-order valence-electron chi connectivity index (χ1n) is 17.9. The van der Waals surface area contributed by atoms with E-state index in [0.29, 0.717) is 28.3 Å². The number of carbonyl (C=O) groups excluding carboxylic acids is 1. The third-order valence-corrected chi connectivity index (χ3v) is 14.4. The summed E-state index contributed by atoms with van der Waals surface area (Å²) in [7, 11) is 4.52. The molecule has 7 aliphatic rings. The minimum atomic E-state index is -0.254. The van der Waals surface area contributed by atoms with E-state index in [1.54, 1.807) is 14.1 Å². The first-order chi connectivity index (χ1) is 20.9. The molecular formula is C36H62N2O6. The Morgan fingerprint density at radius 1 is 0.955 bits per heavy atom. The van der Waals surface area contributed by atoms with Crippen molar-refractivity contribution < 1.29 is 28.8 Å². The lowest BCUT2D eigenvalue weighted by Crippen LogP contribution is -2.56. The van der Waals surface area contributed by atoms with Crippen LogP contribution in [0.1, 0.15) is 98.8 Å². The molecule has 2 spiro atoms. The minimum absolute atomic E-state index is 0.00953. The zero-order chi connectivity index (χ0) is 31.7. The molecule has 3 unspecified atom stereocenters. The number of rotatable bonds is 5. The standard InChI is InChI=1S/C35H58N2O5.CH4O/c1-21(2)30(42-31(38)37(6)7)25-10-8-23-26(40-25)18-24-22-9-11-27-32(3,4)28(41-29-19-36-16-17-39-29)12-13-35(27)20-34(22,35)15-14-33(23,24)5;1-2/h21-30,36H,8-20H2,1-7H3;2H,1H3/t22-,23-,24?,25+,26+,27-,28-,29?,30+,33?,34-,35+;/m0./s1. The SMILES string of the molecule is CC(C)[C@@H](OC(=O)N(C)C)[C@H]1CC[C@H]2[C@@H](CC3[C@@H]4CC[C@H]5C(C)(C)[C@@H](OC6CNCCO6)CC[C@@]56C[C@@]46CCC32C)O1.CO. The van der Waals surface area contributed by atoms with E-state index in [2.05, 4.69) is 39.9 Å². The Bertz CT molecular complexity index is 1050. The Morgan fingerprint density at radius 3 is 2.39 bits per heavy atom. The van der Waals surface area contributed by atoms with Gasteiger partial charge < -0.3 is 34.3 Å². The molecular weight excluding hydrogens is 556 g/mol. The van der Waals surface area contributed by atoms with Gasteiger partial charge in [-0.1, -0.05) is 34.6 Å². The van der Waals surface area contributed by atoms with E-state index in [1.807, 2.05) is 0 Å². The number of amides is 1. The molecule has 2 heterocycles. The Labute approximate surface area is 266 Å². The van der Waals surface area contributed by atoms with Gasteiger partial charge >= 0.3 is 6.09 Å². The number of fused-ring (bicyclic) bond motifs is 4. The van der Waals surface area contributed by atoms with Crippen LogP contribution in [0.2, 0.25) is 0 Å². The van der Waals surface area contributed by atoms with Gasteiger partial charge in [0.2, 0.25) is 0 Å². The number of ether oxygens (including phenoxy) is 4. The van der Waals surface area contributed by atoms with Crippen LogP contribution in [0.4, 0.5) is 4.79 Å². The van der Waals surface area contributed by atoms with E-state index in [9.17, 15) is 4.79 Å². The number of nitrogens with zero attached hydrogens (tertiary/aromatic N) is 1. The van der Waals surface area contributed by atoms with Crippen LogP contribution in [0, 0.1) is 51.2 Å². The van der Waals surface area contributed by atoms with Crippen LogP contribution in [0.15, 0.2) is 0 Å². The van der Waals surface area contributed by atoms with E-state index >= 15 is 0 Å². The van der Waals surface area contributed by atoms with Gasteiger partial charge in [0, 0.05) is 34.3 Å². The summed E-state index contributed by atoms with van der Waals surface area (Å²) in [5.74, 6) is 3.24. The maximum Gasteiger partial charge on any atom is 0.409 e. The number of hydrogen-bond donors (Lipinski definition) is 2. The van der Waals surface area contributed by atoms with E-state index < -0.39 is 0 Å². The van der Waals surface area contributed by atoms with Crippen LogP contribution in [0.3, 0.4) is 0 Å². The lowest BCUT2D eigenvalue weighted by molar-refractivity contribution is -0.232. The van der Waals surface area contributed by atoms with Crippen LogP contribution in [-0.2, 0) is 18.9 Å². The van der Waals surface area contributed by atoms with Crippen molar-refractivity contribution in [3.8, 4) is 0 Å². The van der Waals surface area contributed by atoms with Gasteiger partial charge in [0.05, 0.1) is 24.9 Å². The summed E-state index contributed by atoms with van der Waals surface area (Å²) in [6.45, 7) is 14.5. The number of aliphatic hydroxyl groups excluding tert-OH is 1. The molecule has 0 bridgehead atoms. The normalized spacial score (nSPS) is 47.4. The fourth-order valence-corrected chi connectivity index (χ4v) is 12.4. The van der Waals surface area contributed by atoms with Crippen LogP contribution in [0.25, 0.3) is 0 Å². The molecule has 7 fully saturated rings. The molecule has 5 saturated carbocycles. The van der Waals surface area contributed by atoms with Gasteiger partial charge in [-0.05, 0) is 115 Å². The van der Waals surface area contributed by atoms with Crippen molar-refractivity contribution in [1.82, 2.24) is 10.2 Å². The second-order valence-electron chi connectivity index (χ2n) is 16.9. The van der Waals surface area contributed by atoms with E-state index in [1.165, 1.54) is 62.7 Å². The van der Waals surface area contributed by atoms with Gasteiger partial charge in [-0.2, -0.15) is 0 Å². The molecule has 0 aromatic heterocycles. The lowest BCUT2D eigenvalue weighted by atomic mass is 9.46. The van der Waals surface area contributed by atoms with Crippen molar-refractivity contribution in [2.24, 2.45) is 51.2 Å². The molecule has 0 aromatic carbocycles. The fraction of sp³-hybridized carbons (Fsp3) is 0.972. The molecule has 252 valence electrons. The summed E-state index contributed by atoms with van der Waals surface area (Å²) < 4.78 is 25.6. The second-order valence-corrected chi connectivity index (χ2v) is 16.9. The third-order valence-electron chi connectivity index (χ3n) is 14.4. The van der Waals surface area contributed by atoms with Crippen molar-refractivity contribution in [3.63, 3.8) is 0 Å². The average Bonchev–Trinajstić information content (AvgIpc) is 3.58. The first kappa shape index (κ1) is 33.0. The van der Waals surface area contributed by atoms with Crippen molar-refractivity contribution in [2.75, 3.05) is 40.9 Å². The Balaban J connectivity index is 0.00000168. The number of aliphatic hydroxyl groups is 1. The highest BCUT2D eigenvalue weighted by molar-refractivity contribution is 5.67. The highest BCUT2D eigenvalue weighted by Gasteiger charge is 2.80. The largest absolute Gasteiger partial charge is 0.443 e. The monoisotopic (exact) mass is 618 g/mol. The highest BCUT2D eigenvalue weighted by atomic mass is 16.7. The Morgan fingerprint density at radius 2 is 1.70 bits per heavy atom. The molecule has 0 radical (unpaired) electrons. The number of nitrogens with one attached hydrogen (secondary N) is 1. The van der Waals surface area contributed by atoms with Crippen LogP contribution in [-0.4, -0.2) is 87.7 Å². The number of morpholine rings is 1. The molecule has 8 heteroatoms. The minimum Gasteiger partial charge on any atom is -0.443 e. The molecule has 8 nitrogen and oxygen atoms in total. The average molecular weight is 619 g/mol. The maximum atomic E-state index is 12.5. The summed E-state index contributed by atoms with van der Waals surface area (Å²) in [6, 6.07) is 0. The molecule has 0 aromatic rings. The van der Waals surface area contributed by atoms with E-state index in [0.717, 1.165) is 51.0 Å². The molecule has 44 heavy (non-hydrogen) atoms. The lowest BCUT2D eigenvalue weighted by Gasteiger charge is -2.60. The van der Waals surface area contributed by atoms with Crippen LogP contribution < -0.4 is 5.32 Å². The molecule has 5 aliphatic carbocycles. The fourth-order valence-electron chi connectivity index (χ4n) is 12.4. The summed E-state index contributed by atoms with van der Waals surface area (Å²) >= 11 is 0. The molecule has 2 aliphatic heterocycles. The van der Waals surface area contributed by atoms with Crippen molar-refractivity contribution in [3.05, 3.63) is 0 Å². The van der Waals surface area contributed by atoms with Gasteiger partial charge in [0.15, 0.2) is 6.29 Å². The summed E-state index contributed by atoms with van der Waals surface area (Å²) in [4.78, 5) is 14.0. The molecule has 7 rings (SSSR count). The third kappa shape index (κ3) is 4.98. The summed E-state index contributed by atoms with van der Waals surface area (Å²) in [5, 5.41) is 10.4. The predicted octanol–water partition coefficient (Wildman–Crippen LogP) is 5.86. The quantitative estimate of drug-likeness (QED) is 0.399. The van der Waals surface area contributed by atoms with Gasteiger partial charge in [-0.25, -0.2) is 4.79 Å². The predicted molar refractivity (Wildman–Crippen MR) is 170 cm³/mol. The Hall–Kier alpha value is -0.930. The van der Waals surface area contributed by atoms with Crippen molar-refractivity contribution in [2.45, 2.75) is 130 Å². The van der Waals surface area contributed by atoms with E-state index in [4.69, 9.17) is 24.1 Å². The zero-order valence-electron chi connectivity index (χ0n) is 28.9. The smallest absolute Gasteiger partial charge is 0.409 e. The molecule has 12 atom stereocenters. The second kappa shape index (κ2) is 11.9.